The van der Waals surface area contributed by atoms with Gasteiger partial charge in [0.25, 0.3) is 0 Å². The van der Waals surface area contributed by atoms with Gasteiger partial charge in [-0.2, -0.15) is 5.10 Å². The Bertz CT molecular complexity index is 544. The highest BCUT2D eigenvalue weighted by molar-refractivity contribution is 5.14. The molecule has 1 N–H and O–H groups in total. The van der Waals surface area contributed by atoms with Gasteiger partial charge in [0.2, 0.25) is 0 Å². The number of nitrogens with zero attached hydrogens (tertiary/aromatic N) is 4. The summed E-state index contributed by atoms with van der Waals surface area (Å²) in [6.45, 7) is 8.01. The molecule has 2 heterocycles. The van der Waals surface area contributed by atoms with E-state index in [4.69, 9.17) is 0 Å². The second kappa shape index (κ2) is 6.70. The Morgan fingerprint density at radius 3 is 2.75 bits per heavy atom. The molecule has 0 saturated heterocycles. The molecule has 0 spiro atoms. The van der Waals surface area contributed by atoms with Crippen LogP contribution in [0.5, 0.6) is 0 Å². The van der Waals surface area contributed by atoms with Gasteiger partial charge in [0, 0.05) is 25.2 Å². The molecule has 0 radical (unpaired) electrons. The van der Waals surface area contributed by atoms with Crippen LogP contribution in [-0.4, -0.2) is 24.4 Å². The third-order valence-corrected chi connectivity index (χ3v) is 3.53. The van der Waals surface area contributed by atoms with Crippen molar-refractivity contribution in [1.29, 1.82) is 0 Å². The molecule has 0 aliphatic rings. The molecular weight excluding hydrogens is 252 g/mol. The van der Waals surface area contributed by atoms with E-state index in [-0.39, 0.29) is 0 Å². The van der Waals surface area contributed by atoms with Crippen molar-refractivity contribution in [1.82, 2.24) is 19.3 Å². The Hall–Kier alpha value is -1.62. The fourth-order valence-corrected chi connectivity index (χ4v) is 2.46. The van der Waals surface area contributed by atoms with E-state index in [1.54, 1.807) is 12.5 Å². The number of hydrogen-bond acceptors (Lipinski definition) is 3. The van der Waals surface area contributed by atoms with E-state index in [2.05, 4.69) is 36.9 Å². The maximum absolute atomic E-state index is 10.5. The molecular formula is C15H24N4O. The standard InChI is InChI=1S/C15H24N4O/c1-4-7-18-11-16-10-14(18)15(20)9-13-8-12(5-2)17-19(13)6-3/h8,10-11,15,20H,4-7,9H2,1-3H3. The van der Waals surface area contributed by atoms with Gasteiger partial charge in [0.05, 0.1) is 23.9 Å². The van der Waals surface area contributed by atoms with Gasteiger partial charge < -0.3 is 9.67 Å². The van der Waals surface area contributed by atoms with Crippen LogP contribution in [0.4, 0.5) is 0 Å². The molecule has 0 amide bonds. The summed E-state index contributed by atoms with van der Waals surface area (Å²) in [5, 5.41) is 15.0. The summed E-state index contributed by atoms with van der Waals surface area (Å²) in [5.41, 5.74) is 3.05. The molecule has 0 aromatic carbocycles. The maximum Gasteiger partial charge on any atom is 0.101 e. The Kier molecular flexibility index (Phi) is 4.95. The first-order chi connectivity index (χ1) is 9.69. The van der Waals surface area contributed by atoms with Crippen LogP contribution >= 0.6 is 0 Å². The quantitative estimate of drug-likeness (QED) is 0.844. The topological polar surface area (TPSA) is 55.9 Å². The van der Waals surface area contributed by atoms with Gasteiger partial charge in [-0.3, -0.25) is 4.68 Å². The maximum atomic E-state index is 10.5. The van der Waals surface area contributed by atoms with Crippen LogP contribution < -0.4 is 0 Å². The van der Waals surface area contributed by atoms with Crippen LogP contribution in [0.1, 0.15) is 50.4 Å². The summed E-state index contributed by atoms with van der Waals surface area (Å²) in [5.74, 6) is 0. The summed E-state index contributed by atoms with van der Waals surface area (Å²) < 4.78 is 4.00. The zero-order chi connectivity index (χ0) is 14.5. The Morgan fingerprint density at radius 2 is 2.10 bits per heavy atom. The lowest BCUT2D eigenvalue weighted by Gasteiger charge is -2.14. The third kappa shape index (κ3) is 3.10. The molecule has 2 aromatic heterocycles. The van der Waals surface area contributed by atoms with Crippen molar-refractivity contribution in [2.75, 3.05) is 0 Å². The number of aromatic nitrogens is 4. The molecule has 5 heteroatoms. The van der Waals surface area contributed by atoms with Crippen molar-refractivity contribution < 1.29 is 5.11 Å². The summed E-state index contributed by atoms with van der Waals surface area (Å²) in [7, 11) is 0. The minimum Gasteiger partial charge on any atom is -0.386 e. The Labute approximate surface area is 120 Å². The predicted molar refractivity (Wildman–Crippen MR) is 78.5 cm³/mol. The first-order valence-electron chi connectivity index (χ1n) is 7.43. The molecule has 1 unspecified atom stereocenters. The smallest absolute Gasteiger partial charge is 0.101 e. The van der Waals surface area contributed by atoms with Crippen LogP contribution in [0.25, 0.3) is 0 Å². The Morgan fingerprint density at radius 1 is 1.30 bits per heavy atom. The SMILES string of the molecule is CCCn1cncc1C(O)Cc1cc(CC)nn1CC. The minimum absolute atomic E-state index is 0.532. The van der Waals surface area contributed by atoms with Crippen LogP contribution in [0.15, 0.2) is 18.6 Å². The molecule has 2 rings (SSSR count). The van der Waals surface area contributed by atoms with Crippen LogP contribution in [-0.2, 0) is 25.9 Å². The van der Waals surface area contributed by atoms with Gasteiger partial charge in [0.1, 0.15) is 6.10 Å². The van der Waals surface area contributed by atoms with Gasteiger partial charge >= 0.3 is 0 Å². The zero-order valence-corrected chi connectivity index (χ0v) is 12.6. The predicted octanol–water partition coefficient (Wildman–Crippen LogP) is 2.35. The van der Waals surface area contributed by atoms with Crippen molar-refractivity contribution in [3.63, 3.8) is 0 Å². The van der Waals surface area contributed by atoms with E-state index in [9.17, 15) is 5.11 Å². The van der Waals surface area contributed by atoms with Crippen molar-refractivity contribution in [3.05, 3.63) is 35.7 Å². The number of aryl methyl sites for hydroxylation is 3. The van der Waals surface area contributed by atoms with Crippen molar-refractivity contribution in [2.24, 2.45) is 0 Å². The lowest BCUT2D eigenvalue weighted by molar-refractivity contribution is 0.165. The zero-order valence-electron chi connectivity index (χ0n) is 12.6. The van der Waals surface area contributed by atoms with Crippen LogP contribution in [0.2, 0.25) is 0 Å². The molecule has 2 aromatic rings. The van der Waals surface area contributed by atoms with E-state index in [1.807, 2.05) is 9.25 Å². The first kappa shape index (κ1) is 14.8. The summed E-state index contributed by atoms with van der Waals surface area (Å²) in [6.07, 6.45) is 5.55. The van der Waals surface area contributed by atoms with E-state index >= 15 is 0 Å². The normalized spacial score (nSPS) is 12.8. The highest BCUT2D eigenvalue weighted by Crippen LogP contribution is 2.19. The molecule has 1 atom stereocenters. The second-order valence-corrected chi connectivity index (χ2v) is 5.03. The summed E-state index contributed by atoms with van der Waals surface area (Å²) >= 11 is 0. The molecule has 5 nitrogen and oxygen atoms in total. The monoisotopic (exact) mass is 276 g/mol. The fourth-order valence-electron chi connectivity index (χ4n) is 2.46. The number of imidazole rings is 1. The average molecular weight is 276 g/mol. The highest BCUT2D eigenvalue weighted by atomic mass is 16.3. The summed E-state index contributed by atoms with van der Waals surface area (Å²) in [6, 6.07) is 2.09. The van der Waals surface area contributed by atoms with Crippen molar-refractivity contribution in [2.45, 2.75) is 59.2 Å². The van der Waals surface area contributed by atoms with Crippen LogP contribution in [0.3, 0.4) is 0 Å². The van der Waals surface area contributed by atoms with Gasteiger partial charge in [0.15, 0.2) is 0 Å². The molecule has 0 saturated carbocycles. The van der Waals surface area contributed by atoms with Gasteiger partial charge in [-0.05, 0) is 25.8 Å². The first-order valence-corrected chi connectivity index (χ1v) is 7.43. The lowest BCUT2D eigenvalue weighted by atomic mass is 10.1. The van der Waals surface area contributed by atoms with Gasteiger partial charge in [-0.1, -0.05) is 13.8 Å². The Balaban J connectivity index is 2.16. The van der Waals surface area contributed by atoms with Crippen LogP contribution in [0, 0.1) is 0 Å². The molecule has 0 aliphatic heterocycles. The molecule has 20 heavy (non-hydrogen) atoms. The second-order valence-electron chi connectivity index (χ2n) is 5.03. The summed E-state index contributed by atoms with van der Waals surface area (Å²) in [4.78, 5) is 4.15. The molecule has 110 valence electrons. The van der Waals surface area contributed by atoms with E-state index in [0.29, 0.717) is 6.42 Å². The molecule has 0 bridgehead atoms. The largest absolute Gasteiger partial charge is 0.386 e. The van der Waals surface area contributed by atoms with Crippen molar-refractivity contribution >= 4 is 0 Å². The van der Waals surface area contributed by atoms with E-state index in [1.165, 1.54) is 0 Å². The van der Waals surface area contributed by atoms with Gasteiger partial charge in [-0.25, -0.2) is 4.98 Å². The van der Waals surface area contributed by atoms with Crippen molar-refractivity contribution in [3.8, 4) is 0 Å². The average Bonchev–Trinajstić information content (AvgIpc) is 3.05. The van der Waals surface area contributed by atoms with Gasteiger partial charge in [-0.15, -0.1) is 0 Å². The lowest BCUT2D eigenvalue weighted by Crippen LogP contribution is -2.12. The van der Waals surface area contributed by atoms with E-state index in [0.717, 1.165) is 43.0 Å². The minimum atomic E-state index is -0.532. The number of hydrogen-bond donors (Lipinski definition) is 1. The molecule has 0 fully saturated rings. The number of rotatable bonds is 7. The molecule has 0 aliphatic carbocycles. The highest BCUT2D eigenvalue weighted by Gasteiger charge is 2.16. The third-order valence-electron chi connectivity index (χ3n) is 3.53. The fraction of sp³-hybridized carbons (Fsp3) is 0.600. The van der Waals surface area contributed by atoms with E-state index < -0.39 is 6.10 Å². The number of aliphatic hydroxyl groups is 1. The number of aliphatic hydroxyl groups excluding tert-OH is 1.